The van der Waals surface area contributed by atoms with Gasteiger partial charge >= 0.3 is 10.2 Å². The molecule has 1 atom stereocenters. The van der Waals surface area contributed by atoms with Crippen molar-refractivity contribution in [1.82, 2.24) is 14.5 Å². The Balaban J connectivity index is 1.92. The third-order valence-corrected chi connectivity index (χ3v) is 8.58. The molecule has 2 aromatic carbocycles. The highest BCUT2D eigenvalue weighted by molar-refractivity contribution is 7.90. The number of benzene rings is 2. The van der Waals surface area contributed by atoms with Gasteiger partial charge in [-0.3, -0.25) is 9.59 Å². The first-order valence-corrected chi connectivity index (χ1v) is 14.1. The minimum Gasteiger partial charge on any atom is -0.497 e. The SMILES string of the molecule is COc1ccc(CN(C(=O)CN(c2ccccc2F)S(=O)(=O)N(C)C)[C@H](C)C(=O)NC2CCCCC2)cc1. The van der Waals surface area contributed by atoms with Crippen LogP contribution < -0.4 is 14.4 Å². The maximum Gasteiger partial charge on any atom is 0.304 e. The van der Waals surface area contributed by atoms with Crippen LogP contribution in [-0.2, 0) is 26.3 Å². The predicted molar refractivity (Wildman–Crippen MR) is 144 cm³/mol. The van der Waals surface area contributed by atoms with Crippen LogP contribution in [0.5, 0.6) is 5.75 Å². The monoisotopic (exact) mass is 548 g/mol. The van der Waals surface area contributed by atoms with Gasteiger partial charge in [0.1, 0.15) is 24.2 Å². The number of hydrogen-bond acceptors (Lipinski definition) is 5. The summed E-state index contributed by atoms with van der Waals surface area (Å²) in [5, 5.41) is 3.05. The fourth-order valence-corrected chi connectivity index (χ4v) is 5.50. The Kier molecular flexibility index (Phi) is 10.1. The Morgan fingerprint density at radius 2 is 1.68 bits per heavy atom. The molecule has 0 spiro atoms. The molecule has 38 heavy (non-hydrogen) atoms. The topological polar surface area (TPSA) is 99.3 Å². The van der Waals surface area contributed by atoms with Crippen LogP contribution in [0.4, 0.5) is 10.1 Å². The standard InChI is InChI=1S/C27H37FN4O5S/c1-20(27(34)29-22-10-6-5-7-11-22)31(18-21-14-16-23(37-4)17-15-21)26(33)19-32(38(35,36)30(2)3)25-13-9-8-12-24(25)28/h8-9,12-17,20,22H,5-7,10-11,18-19H2,1-4H3,(H,29,34)/t20-/m1/s1. The van der Waals surface area contributed by atoms with Crippen molar-refractivity contribution in [3.63, 3.8) is 0 Å². The number of hydrogen-bond donors (Lipinski definition) is 1. The molecule has 1 aliphatic rings. The van der Waals surface area contributed by atoms with Gasteiger partial charge in [0.25, 0.3) is 0 Å². The molecule has 1 N–H and O–H groups in total. The summed E-state index contributed by atoms with van der Waals surface area (Å²) in [5.41, 5.74) is 0.475. The van der Waals surface area contributed by atoms with Gasteiger partial charge in [0.05, 0.1) is 12.8 Å². The van der Waals surface area contributed by atoms with Gasteiger partial charge in [-0.25, -0.2) is 8.70 Å². The van der Waals surface area contributed by atoms with Crippen LogP contribution in [0.25, 0.3) is 0 Å². The van der Waals surface area contributed by atoms with Crippen LogP contribution in [0, 0.1) is 5.82 Å². The van der Waals surface area contributed by atoms with Crippen molar-refractivity contribution in [3.8, 4) is 5.75 Å². The first-order chi connectivity index (χ1) is 18.0. The van der Waals surface area contributed by atoms with Gasteiger partial charge in [-0.15, -0.1) is 0 Å². The molecule has 0 aliphatic heterocycles. The summed E-state index contributed by atoms with van der Waals surface area (Å²) in [4.78, 5) is 28.3. The fraction of sp³-hybridized carbons (Fsp3) is 0.481. The van der Waals surface area contributed by atoms with Crippen LogP contribution in [0.3, 0.4) is 0 Å². The van der Waals surface area contributed by atoms with E-state index in [0.29, 0.717) is 5.75 Å². The number of para-hydroxylation sites is 1. The first-order valence-electron chi connectivity index (χ1n) is 12.7. The summed E-state index contributed by atoms with van der Waals surface area (Å²) in [6, 6.07) is 11.6. The lowest BCUT2D eigenvalue weighted by Crippen LogP contribution is -2.53. The van der Waals surface area contributed by atoms with E-state index in [0.717, 1.165) is 52.3 Å². The minimum absolute atomic E-state index is 0.0423. The Bertz CT molecular complexity index is 1200. The fourth-order valence-electron chi connectivity index (χ4n) is 4.43. The highest BCUT2D eigenvalue weighted by Gasteiger charge is 2.34. The first kappa shape index (κ1) is 29.4. The van der Waals surface area contributed by atoms with Crippen molar-refractivity contribution in [3.05, 3.63) is 59.9 Å². The van der Waals surface area contributed by atoms with Crippen molar-refractivity contribution in [1.29, 1.82) is 0 Å². The molecule has 208 valence electrons. The van der Waals surface area contributed by atoms with E-state index in [4.69, 9.17) is 4.74 Å². The molecular formula is C27H37FN4O5S. The predicted octanol–water partition coefficient (Wildman–Crippen LogP) is 3.31. The van der Waals surface area contributed by atoms with Crippen LogP contribution in [0.15, 0.2) is 48.5 Å². The molecule has 2 aromatic rings. The van der Waals surface area contributed by atoms with E-state index >= 15 is 0 Å². The van der Waals surface area contributed by atoms with Gasteiger partial charge in [-0.2, -0.15) is 12.7 Å². The summed E-state index contributed by atoms with van der Waals surface area (Å²) in [7, 11) is -0.0678. The zero-order valence-electron chi connectivity index (χ0n) is 22.4. The second-order valence-corrected chi connectivity index (χ2v) is 11.7. The molecule has 1 aliphatic carbocycles. The van der Waals surface area contributed by atoms with E-state index in [9.17, 15) is 22.4 Å². The minimum atomic E-state index is -4.23. The van der Waals surface area contributed by atoms with Crippen molar-refractivity contribution >= 4 is 27.7 Å². The lowest BCUT2D eigenvalue weighted by Gasteiger charge is -2.34. The van der Waals surface area contributed by atoms with E-state index < -0.39 is 34.5 Å². The van der Waals surface area contributed by atoms with Gasteiger partial charge in [0.2, 0.25) is 11.8 Å². The van der Waals surface area contributed by atoms with E-state index in [2.05, 4.69) is 5.32 Å². The summed E-state index contributed by atoms with van der Waals surface area (Å²) >= 11 is 0. The normalized spacial score (nSPS) is 15.1. The van der Waals surface area contributed by atoms with Crippen molar-refractivity contribution in [2.24, 2.45) is 0 Å². The molecule has 1 saturated carbocycles. The molecule has 0 unspecified atom stereocenters. The number of anilines is 1. The number of nitrogens with one attached hydrogen (secondary N) is 1. The number of methoxy groups -OCH3 is 1. The quantitative estimate of drug-likeness (QED) is 0.465. The van der Waals surface area contributed by atoms with Crippen LogP contribution in [0.1, 0.15) is 44.6 Å². The largest absolute Gasteiger partial charge is 0.497 e. The molecule has 0 saturated heterocycles. The lowest BCUT2D eigenvalue weighted by molar-refractivity contribution is -0.139. The maximum absolute atomic E-state index is 14.7. The second-order valence-electron chi connectivity index (χ2n) is 9.64. The number of ether oxygens (including phenoxy) is 1. The summed E-state index contributed by atoms with van der Waals surface area (Å²) in [6.07, 6.45) is 4.97. The van der Waals surface area contributed by atoms with Gasteiger partial charge in [-0.1, -0.05) is 43.5 Å². The molecular weight excluding hydrogens is 511 g/mol. The van der Waals surface area contributed by atoms with Crippen LogP contribution >= 0.6 is 0 Å². The average Bonchev–Trinajstić information content (AvgIpc) is 2.91. The molecule has 9 nitrogen and oxygen atoms in total. The third kappa shape index (κ3) is 7.22. The second kappa shape index (κ2) is 13.1. The van der Waals surface area contributed by atoms with Crippen molar-refractivity contribution in [2.45, 2.75) is 57.7 Å². The van der Waals surface area contributed by atoms with Gasteiger partial charge in [-0.05, 0) is 49.6 Å². The average molecular weight is 549 g/mol. The Labute approximate surface area is 224 Å². The summed E-state index contributed by atoms with van der Waals surface area (Å²) in [6.45, 7) is 0.987. The maximum atomic E-state index is 14.7. The van der Waals surface area contributed by atoms with Crippen LogP contribution in [-0.4, -0.2) is 69.3 Å². The number of carbonyl (C=O) groups excluding carboxylic acids is 2. The number of nitrogens with zero attached hydrogens (tertiary/aromatic N) is 3. The summed E-state index contributed by atoms with van der Waals surface area (Å²) in [5.74, 6) is -1.10. The number of carbonyl (C=O) groups is 2. The molecule has 0 heterocycles. The van der Waals surface area contributed by atoms with Gasteiger partial charge in [0, 0.05) is 26.7 Å². The highest BCUT2D eigenvalue weighted by Crippen LogP contribution is 2.24. The Morgan fingerprint density at radius 3 is 2.26 bits per heavy atom. The third-order valence-electron chi connectivity index (χ3n) is 6.77. The van der Waals surface area contributed by atoms with Gasteiger partial charge in [0.15, 0.2) is 0 Å². The Morgan fingerprint density at radius 1 is 1.05 bits per heavy atom. The molecule has 3 rings (SSSR count). The van der Waals surface area contributed by atoms with E-state index in [1.54, 1.807) is 38.3 Å². The molecule has 0 aromatic heterocycles. The smallest absolute Gasteiger partial charge is 0.304 e. The molecule has 2 amide bonds. The number of halogens is 1. The number of rotatable bonds is 11. The van der Waals surface area contributed by atoms with E-state index in [1.807, 2.05) is 0 Å². The Hall–Kier alpha value is -3.18. The molecule has 0 bridgehead atoms. The van der Waals surface area contributed by atoms with Gasteiger partial charge < -0.3 is 15.0 Å². The highest BCUT2D eigenvalue weighted by atomic mass is 32.2. The summed E-state index contributed by atoms with van der Waals surface area (Å²) < 4.78 is 47.9. The van der Waals surface area contributed by atoms with Crippen LogP contribution in [0.2, 0.25) is 0 Å². The molecule has 11 heteroatoms. The zero-order valence-corrected chi connectivity index (χ0v) is 23.2. The molecule has 1 fully saturated rings. The number of amides is 2. The van der Waals surface area contributed by atoms with Crippen molar-refractivity contribution < 1.29 is 27.1 Å². The molecule has 0 radical (unpaired) electrons. The van der Waals surface area contributed by atoms with E-state index in [-0.39, 0.29) is 24.2 Å². The lowest BCUT2D eigenvalue weighted by atomic mass is 9.95. The zero-order chi connectivity index (χ0) is 27.9. The van der Waals surface area contributed by atoms with Crippen molar-refractivity contribution in [2.75, 3.05) is 32.1 Å². The van der Waals surface area contributed by atoms with E-state index in [1.165, 1.54) is 37.2 Å².